The molecule has 84 valence electrons. The molecule has 2 nitrogen and oxygen atoms in total. The van der Waals surface area contributed by atoms with Crippen molar-refractivity contribution < 1.29 is 8.78 Å². The highest BCUT2D eigenvalue weighted by Crippen LogP contribution is 2.25. The van der Waals surface area contributed by atoms with E-state index in [9.17, 15) is 8.78 Å². The van der Waals surface area contributed by atoms with Gasteiger partial charge in [0, 0.05) is 3.57 Å². The fourth-order valence-electron chi connectivity index (χ4n) is 1.13. The molecule has 0 fully saturated rings. The highest BCUT2D eigenvalue weighted by molar-refractivity contribution is 14.1. The van der Waals surface area contributed by atoms with Gasteiger partial charge in [0.2, 0.25) is 0 Å². The maximum atomic E-state index is 12.8. The average molecular weight is 347 g/mol. The molecule has 0 amide bonds. The van der Waals surface area contributed by atoms with Gasteiger partial charge in [0.15, 0.2) is 0 Å². The van der Waals surface area contributed by atoms with Gasteiger partial charge in [-0.15, -0.1) is 0 Å². The molecule has 6 heteroatoms. The Labute approximate surface area is 105 Å². The zero-order valence-electron chi connectivity index (χ0n) is 7.68. The molecule has 0 aliphatic rings. The fourth-order valence-corrected chi connectivity index (χ4v) is 1.63. The molecule has 15 heavy (non-hydrogen) atoms. The minimum absolute atomic E-state index is 0.0872. The molecule has 1 rings (SSSR count). The van der Waals surface area contributed by atoms with Crippen LogP contribution in [0.1, 0.15) is 5.56 Å². The summed E-state index contributed by atoms with van der Waals surface area (Å²) in [6, 6.07) is 5.97. The Morgan fingerprint density at radius 3 is 2.33 bits per heavy atom. The standard InChI is InChI=1S/C9H10ClF2IN2/c10-9(11,12)8(15-14)5-6-1-3-7(13)4-2-6/h1-4,8,15H,5,14H2. The zero-order chi connectivity index (χ0) is 11.5. The molecule has 0 aliphatic carbocycles. The van der Waals surface area contributed by atoms with Crippen LogP contribution in [-0.2, 0) is 6.42 Å². The van der Waals surface area contributed by atoms with E-state index in [2.05, 4.69) is 22.6 Å². The molecule has 0 saturated heterocycles. The smallest absolute Gasteiger partial charge is 0.271 e. The van der Waals surface area contributed by atoms with Crippen molar-refractivity contribution in [3.05, 3.63) is 33.4 Å². The van der Waals surface area contributed by atoms with E-state index in [0.29, 0.717) is 0 Å². The summed E-state index contributed by atoms with van der Waals surface area (Å²) in [6.07, 6.45) is 0.0872. The number of halogens is 4. The average Bonchev–Trinajstić information content (AvgIpc) is 2.15. The Balaban J connectivity index is 2.71. The van der Waals surface area contributed by atoms with Crippen molar-refractivity contribution >= 4 is 34.2 Å². The molecule has 1 unspecified atom stereocenters. The lowest BCUT2D eigenvalue weighted by Gasteiger charge is -2.20. The van der Waals surface area contributed by atoms with Gasteiger partial charge in [-0.25, -0.2) is 5.43 Å². The van der Waals surface area contributed by atoms with Crippen molar-refractivity contribution in [2.24, 2.45) is 5.84 Å². The van der Waals surface area contributed by atoms with Gasteiger partial charge >= 0.3 is 5.38 Å². The molecular formula is C9H10ClF2IN2. The van der Waals surface area contributed by atoms with Crippen LogP contribution in [0, 0.1) is 3.57 Å². The summed E-state index contributed by atoms with van der Waals surface area (Å²) < 4.78 is 26.6. The van der Waals surface area contributed by atoms with Gasteiger partial charge in [-0.2, -0.15) is 8.78 Å². The number of hydrazine groups is 1. The third-order valence-corrected chi connectivity index (χ3v) is 2.93. The van der Waals surface area contributed by atoms with Crippen molar-refractivity contribution in [1.29, 1.82) is 0 Å². The highest BCUT2D eigenvalue weighted by atomic mass is 127. The minimum atomic E-state index is -3.35. The van der Waals surface area contributed by atoms with Crippen molar-refractivity contribution in [3.8, 4) is 0 Å². The topological polar surface area (TPSA) is 38.0 Å². The fraction of sp³-hybridized carbons (Fsp3) is 0.333. The van der Waals surface area contributed by atoms with E-state index in [1.807, 2.05) is 17.6 Å². The first-order valence-electron chi connectivity index (χ1n) is 4.21. The van der Waals surface area contributed by atoms with E-state index in [4.69, 9.17) is 17.4 Å². The van der Waals surface area contributed by atoms with Crippen molar-refractivity contribution in [3.63, 3.8) is 0 Å². The normalized spacial score (nSPS) is 13.9. The minimum Gasteiger partial charge on any atom is -0.271 e. The predicted molar refractivity (Wildman–Crippen MR) is 64.8 cm³/mol. The monoisotopic (exact) mass is 346 g/mol. The maximum Gasteiger partial charge on any atom is 0.338 e. The molecule has 3 N–H and O–H groups in total. The summed E-state index contributed by atoms with van der Waals surface area (Å²) in [5.74, 6) is 5.02. The Bertz CT molecular complexity index is 313. The number of hydrogen-bond donors (Lipinski definition) is 2. The third-order valence-electron chi connectivity index (χ3n) is 1.95. The molecule has 1 aromatic carbocycles. The first-order chi connectivity index (χ1) is 6.93. The lowest BCUT2D eigenvalue weighted by atomic mass is 10.1. The molecular weight excluding hydrogens is 336 g/mol. The number of nitrogens with one attached hydrogen (secondary N) is 1. The second-order valence-electron chi connectivity index (χ2n) is 3.09. The van der Waals surface area contributed by atoms with Gasteiger partial charge in [0.05, 0.1) is 0 Å². The number of alkyl halides is 3. The van der Waals surface area contributed by atoms with Gasteiger partial charge in [-0.05, 0) is 58.3 Å². The van der Waals surface area contributed by atoms with Crippen molar-refractivity contribution in [1.82, 2.24) is 5.43 Å². The second-order valence-corrected chi connectivity index (χ2v) is 4.84. The van der Waals surface area contributed by atoms with E-state index in [1.165, 1.54) is 0 Å². The Morgan fingerprint density at radius 1 is 1.40 bits per heavy atom. The third kappa shape index (κ3) is 4.18. The Morgan fingerprint density at radius 2 is 1.93 bits per heavy atom. The van der Waals surface area contributed by atoms with E-state index in [-0.39, 0.29) is 6.42 Å². The molecule has 0 saturated carbocycles. The summed E-state index contributed by atoms with van der Waals surface area (Å²) in [7, 11) is 0. The van der Waals surface area contributed by atoms with Gasteiger partial charge in [0.1, 0.15) is 6.04 Å². The van der Waals surface area contributed by atoms with E-state index in [1.54, 1.807) is 12.1 Å². The first-order valence-corrected chi connectivity index (χ1v) is 5.66. The lowest BCUT2D eigenvalue weighted by Crippen LogP contribution is -2.46. The summed E-state index contributed by atoms with van der Waals surface area (Å²) in [5.41, 5.74) is 2.78. The summed E-state index contributed by atoms with van der Waals surface area (Å²) >= 11 is 7.04. The van der Waals surface area contributed by atoms with Crippen LogP contribution in [0.5, 0.6) is 0 Å². The van der Waals surface area contributed by atoms with Crippen LogP contribution >= 0.6 is 34.2 Å². The van der Waals surface area contributed by atoms with E-state index >= 15 is 0 Å². The number of hydrogen-bond acceptors (Lipinski definition) is 2. The molecule has 0 spiro atoms. The van der Waals surface area contributed by atoms with Crippen molar-refractivity contribution in [2.75, 3.05) is 0 Å². The molecule has 0 bridgehead atoms. The molecule has 1 atom stereocenters. The van der Waals surface area contributed by atoms with E-state index < -0.39 is 11.4 Å². The van der Waals surface area contributed by atoms with Gasteiger partial charge < -0.3 is 0 Å². The molecule has 0 aromatic heterocycles. The molecule has 0 radical (unpaired) electrons. The summed E-state index contributed by atoms with van der Waals surface area (Å²) in [4.78, 5) is 0. The van der Waals surface area contributed by atoms with Crippen LogP contribution in [0.2, 0.25) is 0 Å². The zero-order valence-corrected chi connectivity index (χ0v) is 10.6. The molecule has 0 aliphatic heterocycles. The predicted octanol–water partition coefficient (Wildman–Crippen LogP) is 2.50. The van der Waals surface area contributed by atoms with Gasteiger partial charge in [-0.3, -0.25) is 5.84 Å². The van der Waals surface area contributed by atoms with Crippen LogP contribution in [0.15, 0.2) is 24.3 Å². The summed E-state index contributed by atoms with van der Waals surface area (Å²) in [5, 5.41) is -3.35. The van der Waals surface area contributed by atoms with Crippen molar-refractivity contribution in [2.45, 2.75) is 17.8 Å². The SMILES string of the molecule is NNC(Cc1ccc(I)cc1)C(F)(F)Cl. The quantitative estimate of drug-likeness (QED) is 0.380. The van der Waals surface area contributed by atoms with Crippen LogP contribution in [0.3, 0.4) is 0 Å². The van der Waals surface area contributed by atoms with Gasteiger partial charge in [0.25, 0.3) is 0 Å². The lowest BCUT2D eigenvalue weighted by molar-refractivity contribution is 0.0503. The Hall–Kier alpha value is 0.0200. The Kier molecular flexibility index (Phi) is 4.69. The number of rotatable bonds is 4. The van der Waals surface area contributed by atoms with E-state index in [0.717, 1.165) is 9.13 Å². The first kappa shape index (κ1) is 13.1. The molecule has 0 heterocycles. The van der Waals surface area contributed by atoms with Crippen LogP contribution in [0.25, 0.3) is 0 Å². The molecule has 1 aromatic rings. The van der Waals surface area contributed by atoms with Crippen LogP contribution in [0.4, 0.5) is 8.78 Å². The largest absolute Gasteiger partial charge is 0.338 e. The maximum absolute atomic E-state index is 12.8. The second kappa shape index (κ2) is 5.38. The van der Waals surface area contributed by atoms with Crippen LogP contribution < -0.4 is 11.3 Å². The number of nitrogens with two attached hydrogens (primary N) is 1. The number of benzene rings is 1. The van der Waals surface area contributed by atoms with Crippen LogP contribution in [-0.4, -0.2) is 11.4 Å². The summed E-state index contributed by atoms with van der Waals surface area (Å²) in [6.45, 7) is 0. The highest BCUT2D eigenvalue weighted by Gasteiger charge is 2.36. The van der Waals surface area contributed by atoms with Gasteiger partial charge in [-0.1, -0.05) is 12.1 Å².